The van der Waals surface area contributed by atoms with Crippen LogP contribution in [0.25, 0.3) is 0 Å². The molecule has 0 radical (unpaired) electrons. The minimum Gasteiger partial charge on any atom is -0.481 e. The minimum atomic E-state index is -1.34. The van der Waals surface area contributed by atoms with Crippen molar-refractivity contribution in [3.63, 3.8) is 0 Å². The van der Waals surface area contributed by atoms with Gasteiger partial charge in [0.05, 0.1) is 11.8 Å². The van der Waals surface area contributed by atoms with E-state index in [1.54, 1.807) is 20.8 Å². The molecular formula is C19H25NO6. The number of benzene rings is 1. The van der Waals surface area contributed by atoms with Crippen LogP contribution in [-0.4, -0.2) is 46.7 Å². The van der Waals surface area contributed by atoms with Crippen LogP contribution in [-0.2, 0) is 25.7 Å². The molecule has 0 saturated carbocycles. The molecule has 142 valence electrons. The number of ether oxygens (including phenoxy) is 2. The highest BCUT2D eigenvalue weighted by atomic mass is 16.6. The number of carboxylic acid groups (broad SMARTS) is 1. The van der Waals surface area contributed by atoms with Crippen molar-refractivity contribution in [3.8, 4) is 0 Å². The summed E-state index contributed by atoms with van der Waals surface area (Å²) in [5, 5.41) is 9.63. The molecule has 7 heteroatoms. The molecule has 1 aromatic carbocycles. The lowest BCUT2D eigenvalue weighted by Crippen LogP contribution is -2.40. The molecule has 0 aromatic heterocycles. The highest BCUT2D eigenvalue weighted by Crippen LogP contribution is 2.35. The molecule has 1 aliphatic rings. The molecule has 1 heterocycles. The van der Waals surface area contributed by atoms with Crippen molar-refractivity contribution in [1.29, 1.82) is 0 Å². The highest BCUT2D eigenvalue weighted by Gasteiger charge is 2.49. The molecular weight excluding hydrogens is 338 g/mol. The van der Waals surface area contributed by atoms with E-state index in [0.717, 1.165) is 5.56 Å². The van der Waals surface area contributed by atoms with Crippen molar-refractivity contribution in [2.75, 3.05) is 13.1 Å². The molecule has 0 bridgehead atoms. The molecule has 1 amide bonds. The number of aliphatic carboxylic acids is 1. The maximum Gasteiger partial charge on any atom is 0.410 e. The fourth-order valence-electron chi connectivity index (χ4n) is 2.89. The monoisotopic (exact) mass is 363 g/mol. The number of hydrogen-bond acceptors (Lipinski definition) is 5. The third-order valence-electron chi connectivity index (χ3n) is 4.17. The zero-order valence-corrected chi connectivity index (χ0v) is 15.4. The average Bonchev–Trinajstić information content (AvgIpc) is 2.97. The topological polar surface area (TPSA) is 93.1 Å². The van der Waals surface area contributed by atoms with Gasteiger partial charge in [-0.15, -0.1) is 0 Å². The molecule has 0 spiro atoms. The molecule has 0 aliphatic carbocycles. The predicted molar refractivity (Wildman–Crippen MR) is 93.3 cm³/mol. The van der Waals surface area contributed by atoms with Crippen molar-refractivity contribution < 1.29 is 29.0 Å². The maximum atomic E-state index is 12.2. The van der Waals surface area contributed by atoms with Crippen LogP contribution in [0.3, 0.4) is 0 Å². The Morgan fingerprint density at radius 1 is 1.19 bits per heavy atom. The number of amides is 1. The van der Waals surface area contributed by atoms with Crippen molar-refractivity contribution >= 4 is 18.0 Å². The third-order valence-corrected chi connectivity index (χ3v) is 4.17. The van der Waals surface area contributed by atoms with Crippen LogP contribution < -0.4 is 0 Å². The van der Waals surface area contributed by atoms with Gasteiger partial charge in [-0.05, 0) is 32.8 Å². The first-order valence-corrected chi connectivity index (χ1v) is 8.52. The summed E-state index contributed by atoms with van der Waals surface area (Å²) in [6.45, 7) is 5.43. The fourth-order valence-corrected chi connectivity index (χ4v) is 2.89. The molecule has 2 rings (SSSR count). The van der Waals surface area contributed by atoms with E-state index < -0.39 is 29.0 Å². The van der Waals surface area contributed by atoms with Crippen LogP contribution in [0.4, 0.5) is 4.79 Å². The molecule has 7 nitrogen and oxygen atoms in total. The summed E-state index contributed by atoms with van der Waals surface area (Å²) in [6, 6.07) is 9.22. The summed E-state index contributed by atoms with van der Waals surface area (Å²) in [6.07, 6.45) is -0.675. The van der Waals surface area contributed by atoms with Gasteiger partial charge in [0.1, 0.15) is 12.2 Å². The van der Waals surface area contributed by atoms with Gasteiger partial charge < -0.3 is 19.5 Å². The van der Waals surface area contributed by atoms with Crippen LogP contribution >= 0.6 is 0 Å². The van der Waals surface area contributed by atoms with Crippen molar-refractivity contribution in [2.24, 2.45) is 5.41 Å². The Morgan fingerprint density at radius 2 is 1.85 bits per heavy atom. The number of carbonyl (C=O) groups is 3. The van der Waals surface area contributed by atoms with Crippen LogP contribution in [0, 0.1) is 5.41 Å². The summed E-state index contributed by atoms with van der Waals surface area (Å²) in [5.41, 5.74) is -1.18. The summed E-state index contributed by atoms with van der Waals surface area (Å²) in [5.74, 6) is -1.69. The number of carboxylic acids is 1. The second-order valence-corrected chi connectivity index (χ2v) is 7.56. The Balaban J connectivity index is 1.96. The number of nitrogens with zero attached hydrogens (tertiary/aromatic N) is 1. The Bertz CT molecular complexity index is 666. The molecule has 1 aromatic rings. The minimum absolute atomic E-state index is 0.0742. The second-order valence-electron chi connectivity index (χ2n) is 7.56. The van der Waals surface area contributed by atoms with Crippen LogP contribution in [0.5, 0.6) is 0 Å². The standard InChI is InChI=1S/C19H25NO6/c1-18(2,3)26-15(21)11-19(16(22)23)9-10-20(13-19)17(24)25-12-14-7-5-4-6-8-14/h4-8H,9-13H2,1-3H3,(H,22,23). The number of hydrogen-bond donors (Lipinski definition) is 1. The highest BCUT2D eigenvalue weighted by molar-refractivity contribution is 5.84. The average molecular weight is 363 g/mol. The van der Waals surface area contributed by atoms with E-state index in [0.29, 0.717) is 0 Å². The number of esters is 1. The largest absolute Gasteiger partial charge is 0.481 e. The second kappa shape index (κ2) is 7.76. The summed E-state index contributed by atoms with van der Waals surface area (Å²) >= 11 is 0. The van der Waals surface area contributed by atoms with Gasteiger partial charge in [0.15, 0.2) is 0 Å². The lowest BCUT2D eigenvalue weighted by molar-refractivity contribution is -0.164. The summed E-state index contributed by atoms with van der Waals surface area (Å²) in [7, 11) is 0. The van der Waals surface area contributed by atoms with Crippen molar-refractivity contribution in [2.45, 2.75) is 45.8 Å². The first kappa shape index (κ1) is 19.8. The fraction of sp³-hybridized carbons (Fsp3) is 0.526. The Morgan fingerprint density at radius 3 is 2.42 bits per heavy atom. The van der Waals surface area contributed by atoms with Gasteiger partial charge in [-0.1, -0.05) is 30.3 Å². The van der Waals surface area contributed by atoms with E-state index in [-0.39, 0.29) is 32.5 Å². The smallest absolute Gasteiger partial charge is 0.410 e. The van der Waals surface area contributed by atoms with E-state index >= 15 is 0 Å². The molecule has 1 aliphatic heterocycles. The first-order chi connectivity index (χ1) is 12.1. The Hall–Kier alpha value is -2.57. The summed E-state index contributed by atoms with van der Waals surface area (Å²) < 4.78 is 10.5. The number of rotatable bonds is 5. The number of likely N-dealkylation sites (tertiary alicyclic amines) is 1. The molecule has 1 atom stereocenters. The molecule has 1 unspecified atom stereocenters. The third kappa shape index (κ3) is 5.21. The Labute approximate surface area is 152 Å². The molecule has 1 fully saturated rings. The van der Waals surface area contributed by atoms with E-state index in [9.17, 15) is 19.5 Å². The van der Waals surface area contributed by atoms with Crippen molar-refractivity contribution in [1.82, 2.24) is 4.90 Å². The van der Waals surface area contributed by atoms with Gasteiger partial charge in [-0.25, -0.2) is 4.79 Å². The zero-order valence-electron chi connectivity index (χ0n) is 15.4. The van der Waals surface area contributed by atoms with Gasteiger partial charge in [0.25, 0.3) is 0 Å². The Kier molecular flexibility index (Phi) is 5.90. The van der Waals surface area contributed by atoms with Crippen molar-refractivity contribution in [3.05, 3.63) is 35.9 Å². The quantitative estimate of drug-likeness (QED) is 0.809. The first-order valence-electron chi connectivity index (χ1n) is 8.52. The van der Waals surface area contributed by atoms with E-state index in [1.165, 1.54) is 4.90 Å². The lowest BCUT2D eigenvalue weighted by atomic mass is 9.83. The van der Waals surface area contributed by atoms with E-state index in [2.05, 4.69) is 0 Å². The molecule has 1 saturated heterocycles. The lowest BCUT2D eigenvalue weighted by Gasteiger charge is -2.26. The molecule has 1 N–H and O–H groups in total. The van der Waals surface area contributed by atoms with Gasteiger partial charge in [0, 0.05) is 13.1 Å². The van der Waals surface area contributed by atoms with Crippen LogP contribution in [0.15, 0.2) is 30.3 Å². The predicted octanol–water partition coefficient (Wildman–Crippen LogP) is 2.83. The normalized spacial score (nSPS) is 19.9. The van der Waals surface area contributed by atoms with Gasteiger partial charge in [-0.2, -0.15) is 0 Å². The van der Waals surface area contributed by atoms with Gasteiger partial charge in [0.2, 0.25) is 0 Å². The van der Waals surface area contributed by atoms with E-state index in [1.807, 2.05) is 30.3 Å². The maximum absolute atomic E-state index is 12.2. The van der Waals surface area contributed by atoms with E-state index in [4.69, 9.17) is 9.47 Å². The number of carbonyl (C=O) groups excluding carboxylic acids is 2. The SMILES string of the molecule is CC(C)(C)OC(=O)CC1(C(=O)O)CCN(C(=O)OCc2ccccc2)C1. The summed E-state index contributed by atoms with van der Waals surface area (Å²) in [4.78, 5) is 37.4. The van der Waals surface area contributed by atoms with Crippen LogP contribution in [0.1, 0.15) is 39.2 Å². The van der Waals surface area contributed by atoms with Gasteiger partial charge in [-0.3, -0.25) is 9.59 Å². The van der Waals surface area contributed by atoms with Crippen LogP contribution in [0.2, 0.25) is 0 Å². The zero-order chi connectivity index (χ0) is 19.4. The van der Waals surface area contributed by atoms with Gasteiger partial charge >= 0.3 is 18.0 Å². The molecule has 26 heavy (non-hydrogen) atoms.